The molecule has 1 aliphatic carbocycles. The molecule has 3 heteroatoms. The zero-order valence-electron chi connectivity index (χ0n) is 13.4. The van der Waals surface area contributed by atoms with Gasteiger partial charge in [-0.2, -0.15) is 11.8 Å². The molecule has 0 spiro atoms. The Morgan fingerprint density at radius 1 is 1.26 bits per heavy atom. The summed E-state index contributed by atoms with van der Waals surface area (Å²) < 4.78 is 0. The smallest absolute Gasteiger partial charge is 0.0244 e. The van der Waals surface area contributed by atoms with Crippen molar-refractivity contribution in [3.63, 3.8) is 0 Å². The number of thioether (sulfide) groups is 1. The Balaban J connectivity index is 2.02. The van der Waals surface area contributed by atoms with Gasteiger partial charge < -0.3 is 5.32 Å². The van der Waals surface area contributed by atoms with Crippen molar-refractivity contribution >= 4 is 11.8 Å². The first-order valence-electron chi connectivity index (χ1n) is 7.97. The van der Waals surface area contributed by atoms with Crippen molar-refractivity contribution < 1.29 is 0 Å². The van der Waals surface area contributed by atoms with Crippen LogP contribution in [-0.2, 0) is 0 Å². The van der Waals surface area contributed by atoms with Gasteiger partial charge in [-0.15, -0.1) is 0 Å². The SMILES string of the molecule is CCC1CNC(C(C)(C)C)CN1C1CCC(SC)C1. The van der Waals surface area contributed by atoms with Crippen molar-refractivity contribution in [1.82, 2.24) is 10.2 Å². The van der Waals surface area contributed by atoms with Crippen LogP contribution < -0.4 is 5.32 Å². The molecule has 0 amide bonds. The molecule has 19 heavy (non-hydrogen) atoms. The fraction of sp³-hybridized carbons (Fsp3) is 1.00. The van der Waals surface area contributed by atoms with E-state index in [0.29, 0.717) is 11.5 Å². The van der Waals surface area contributed by atoms with Gasteiger partial charge in [0.2, 0.25) is 0 Å². The maximum absolute atomic E-state index is 3.79. The van der Waals surface area contributed by atoms with E-state index in [9.17, 15) is 0 Å². The topological polar surface area (TPSA) is 15.3 Å². The first-order valence-corrected chi connectivity index (χ1v) is 9.26. The molecule has 0 aromatic rings. The third kappa shape index (κ3) is 3.68. The molecule has 2 aliphatic rings. The Labute approximate surface area is 124 Å². The summed E-state index contributed by atoms with van der Waals surface area (Å²) in [5.74, 6) is 0. The molecular weight excluding hydrogens is 252 g/mol. The highest BCUT2D eigenvalue weighted by Gasteiger charge is 2.38. The van der Waals surface area contributed by atoms with Crippen molar-refractivity contribution in [1.29, 1.82) is 0 Å². The van der Waals surface area contributed by atoms with E-state index in [1.54, 1.807) is 0 Å². The molecule has 0 aromatic carbocycles. The van der Waals surface area contributed by atoms with Crippen LogP contribution in [0.5, 0.6) is 0 Å². The van der Waals surface area contributed by atoms with Gasteiger partial charge in [0.15, 0.2) is 0 Å². The summed E-state index contributed by atoms with van der Waals surface area (Å²) in [5.41, 5.74) is 0.370. The standard InChI is InChI=1S/C16H32N2S/c1-6-12-10-17-15(16(2,3)4)11-18(12)13-7-8-14(9-13)19-5/h12-15,17H,6-11H2,1-5H3. The first kappa shape index (κ1) is 15.7. The summed E-state index contributed by atoms with van der Waals surface area (Å²) in [4.78, 5) is 2.85. The highest BCUT2D eigenvalue weighted by atomic mass is 32.2. The normalized spacial score (nSPS) is 37.7. The molecule has 2 fully saturated rings. The molecular formula is C16H32N2S. The van der Waals surface area contributed by atoms with E-state index in [0.717, 1.165) is 17.3 Å². The van der Waals surface area contributed by atoms with Crippen LogP contribution in [0.3, 0.4) is 0 Å². The van der Waals surface area contributed by atoms with Crippen LogP contribution in [0.4, 0.5) is 0 Å². The molecule has 1 heterocycles. The van der Waals surface area contributed by atoms with Crippen LogP contribution in [0, 0.1) is 5.41 Å². The Kier molecular flexibility index (Phi) is 5.24. The monoisotopic (exact) mass is 284 g/mol. The molecule has 1 aliphatic heterocycles. The molecule has 0 bridgehead atoms. The highest BCUT2D eigenvalue weighted by molar-refractivity contribution is 7.99. The van der Waals surface area contributed by atoms with Crippen LogP contribution in [0.15, 0.2) is 0 Å². The summed E-state index contributed by atoms with van der Waals surface area (Å²) in [5, 5.41) is 4.70. The highest BCUT2D eigenvalue weighted by Crippen LogP contribution is 2.35. The number of nitrogens with one attached hydrogen (secondary N) is 1. The van der Waals surface area contributed by atoms with Crippen molar-refractivity contribution in [3.05, 3.63) is 0 Å². The van der Waals surface area contributed by atoms with Gasteiger partial charge in [-0.05, 0) is 37.4 Å². The second-order valence-electron chi connectivity index (χ2n) is 7.41. The van der Waals surface area contributed by atoms with Crippen molar-refractivity contribution in [3.8, 4) is 0 Å². The molecule has 1 N–H and O–H groups in total. The largest absolute Gasteiger partial charge is 0.311 e. The van der Waals surface area contributed by atoms with Gasteiger partial charge in [-0.25, -0.2) is 0 Å². The number of piperazine rings is 1. The lowest BCUT2D eigenvalue weighted by molar-refractivity contribution is 0.0497. The van der Waals surface area contributed by atoms with Gasteiger partial charge in [-0.3, -0.25) is 4.90 Å². The summed E-state index contributed by atoms with van der Waals surface area (Å²) >= 11 is 2.07. The average molecular weight is 285 g/mol. The van der Waals surface area contributed by atoms with Gasteiger partial charge in [0, 0.05) is 36.5 Å². The molecule has 2 nitrogen and oxygen atoms in total. The lowest BCUT2D eigenvalue weighted by atomic mass is 9.84. The molecule has 4 atom stereocenters. The summed E-state index contributed by atoms with van der Waals surface area (Å²) in [6, 6.07) is 2.24. The van der Waals surface area contributed by atoms with Crippen LogP contribution in [0.2, 0.25) is 0 Å². The van der Waals surface area contributed by atoms with Gasteiger partial charge in [0.1, 0.15) is 0 Å². The van der Waals surface area contributed by atoms with Crippen molar-refractivity contribution in [2.24, 2.45) is 5.41 Å². The van der Waals surface area contributed by atoms with Crippen LogP contribution in [0.25, 0.3) is 0 Å². The summed E-state index contributed by atoms with van der Waals surface area (Å²) in [7, 11) is 0. The molecule has 112 valence electrons. The maximum Gasteiger partial charge on any atom is 0.0244 e. The van der Waals surface area contributed by atoms with E-state index in [2.05, 4.69) is 55.9 Å². The zero-order valence-corrected chi connectivity index (χ0v) is 14.2. The van der Waals surface area contributed by atoms with Gasteiger partial charge in [-0.1, -0.05) is 27.7 Å². The number of nitrogens with zero attached hydrogens (tertiary/aromatic N) is 1. The van der Waals surface area contributed by atoms with Gasteiger partial charge in [0.05, 0.1) is 0 Å². The third-order valence-corrected chi connectivity index (χ3v) is 6.23. The van der Waals surface area contributed by atoms with E-state index >= 15 is 0 Å². The van der Waals surface area contributed by atoms with E-state index < -0.39 is 0 Å². The van der Waals surface area contributed by atoms with Crippen LogP contribution in [-0.4, -0.2) is 47.6 Å². The van der Waals surface area contributed by atoms with E-state index in [4.69, 9.17) is 0 Å². The molecule has 2 rings (SSSR count). The minimum Gasteiger partial charge on any atom is -0.311 e. The lowest BCUT2D eigenvalue weighted by Crippen LogP contribution is -2.62. The van der Waals surface area contributed by atoms with Crippen LogP contribution in [0.1, 0.15) is 53.4 Å². The second-order valence-corrected chi connectivity index (χ2v) is 8.55. The van der Waals surface area contributed by atoms with E-state index in [-0.39, 0.29) is 0 Å². The first-order chi connectivity index (χ1) is 8.95. The Morgan fingerprint density at radius 3 is 2.53 bits per heavy atom. The summed E-state index contributed by atoms with van der Waals surface area (Å²) in [6.45, 7) is 11.9. The number of hydrogen-bond donors (Lipinski definition) is 1. The average Bonchev–Trinajstić information content (AvgIpc) is 2.85. The maximum atomic E-state index is 3.79. The number of rotatable bonds is 3. The van der Waals surface area contributed by atoms with Gasteiger partial charge in [0.25, 0.3) is 0 Å². The fourth-order valence-electron chi connectivity index (χ4n) is 3.66. The Hall–Kier alpha value is 0.270. The molecule has 1 saturated heterocycles. The zero-order chi connectivity index (χ0) is 14.0. The lowest BCUT2D eigenvalue weighted by Gasteiger charge is -2.47. The minimum atomic E-state index is 0.370. The third-order valence-electron chi connectivity index (χ3n) is 5.14. The summed E-state index contributed by atoms with van der Waals surface area (Å²) in [6.07, 6.45) is 7.81. The predicted molar refractivity (Wildman–Crippen MR) is 87.0 cm³/mol. The Bertz CT molecular complexity index is 287. The Morgan fingerprint density at radius 2 is 2.00 bits per heavy atom. The molecule has 0 radical (unpaired) electrons. The molecule has 1 saturated carbocycles. The van der Waals surface area contributed by atoms with Crippen LogP contribution >= 0.6 is 11.8 Å². The molecule has 4 unspecified atom stereocenters. The predicted octanol–water partition coefficient (Wildman–Crippen LogP) is 3.37. The quantitative estimate of drug-likeness (QED) is 0.855. The van der Waals surface area contributed by atoms with E-state index in [1.165, 1.54) is 38.8 Å². The van der Waals surface area contributed by atoms with Crippen molar-refractivity contribution in [2.75, 3.05) is 19.3 Å². The van der Waals surface area contributed by atoms with E-state index in [1.807, 2.05) is 0 Å². The van der Waals surface area contributed by atoms with Crippen molar-refractivity contribution in [2.45, 2.75) is 76.8 Å². The number of hydrogen-bond acceptors (Lipinski definition) is 3. The second kappa shape index (κ2) is 6.36. The van der Waals surface area contributed by atoms with Gasteiger partial charge >= 0.3 is 0 Å². The minimum absolute atomic E-state index is 0.370. The molecule has 0 aromatic heterocycles. The fourth-order valence-corrected chi connectivity index (χ4v) is 4.45.